The summed E-state index contributed by atoms with van der Waals surface area (Å²) in [5.74, 6) is -0.125. The molecule has 0 saturated heterocycles. The van der Waals surface area contributed by atoms with Gasteiger partial charge in [0, 0.05) is 39.5 Å². The van der Waals surface area contributed by atoms with Crippen molar-refractivity contribution in [2.75, 3.05) is 0 Å². The van der Waals surface area contributed by atoms with Crippen LogP contribution >= 0.6 is 0 Å². The fraction of sp³-hybridized carbons (Fsp3) is 0.400. The van der Waals surface area contributed by atoms with Gasteiger partial charge >= 0.3 is 0 Å². The molecule has 4 N–H and O–H groups in total. The van der Waals surface area contributed by atoms with Crippen molar-refractivity contribution in [3.05, 3.63) is 23.7 Å². The minimum absolute atomic E-state index is 0. The van der Waals surface area contributed by atoms with Crippen LogP contribution in [-0.4, -0.2) is 27.3 Å². The average Bonchev–Trinajstić information content (AvgIpc) is 1.79. The van der Waals surface area contributed by atoms with Gasteiger partial charge in [-0.15, -0.1) is 0 Å². The van der Waals surface area contributed by atoms with Crippen molar-refractivity contribution in [1.29, 1.82) is 0 Å². The van der Waals surface area contributed by atoms with E-state index in [2.05, 4.69) is 0 Å². The number of hydrogen-bond acceptors (Lipinski definition) is 4. The van der Waals surface area contributed by atoms with Gasteiger partial charge in [-0.05, 0) is 27.7 Å². The smallest absolute Gasteiger partial charge is 0.155 e. The molecule has 0 spiro atoms. The van der Waals surface area contributed by atoms with E-state index < -0.39 is 0 Å². The third-order valence-electron chi connectivity index (χ3n) is 0.824. The van der Waals surface area contributed by atoms with E-state index in [1.54, 1.807) is 0 Å². The summed E-state index contributed by atoms with van der Waals surface area (Å²) in [5, 5.41) is 16.7. The quantitative estimate of drug-likeness (QED) is 0.451. The largest absolute Gasteiger partial charge is 0.512 e. The molecular formula is C10H18CdO5. The van der Waals surface area contributed by atoms with Gasteiger partial charge in [0.2, 0.25) is 0 Å². The third-order valence-corrected chi connectivity index (χ3v) is 0.824. The molecule has 5 nitrogen and oxygen atoms in total. The first kappa shape index (κ1) is 24.5. The molecule has 6 heteroatoms. The number of rotatable bonds is 2. The first-order valence-corrected chi connectivity index (χ1v) is 4.01. The van der Waals surface area contributed by atoms with Gasteiger partial charge in [-0.25, -0.2) is 0 Å². The fourth-order valence-corrected chi connectivity index (χ4v) is 0.588. The first-order chi connectivity index (χ1) is 6.25. The molecule has 0 radical (unpaired) electrons. The molecule has 0 saturated carbocycles. The van der Waals surface area contributed by atoms with Crippen molar-refractivity contribution in [3.63, 3.8) is 0 Å². The van der Waals surface area contributed by atoms with E-state index in [-0.39, 0.29) is 55.9 Å². The summed E-state index contributed by atoms with van der Waals surface area (Å²) in [4.78, 5) is 20.0. The van der Waals surface area contributed by atoms with Gasteiger partial charge < -0.3 is 15.7 Å². The minimum Gasteiger partial charge on any atom is -0.512 e. The molecule has 0 aromatic carbocycles. The molecule has 0 aliphatic heterocycles. The minimum atomic E-state index is -0.125. The number of carbonyl (C=O) groups excluding carboxylic acids is 2. The summed E-state index contributed by atoms with van der Waals surface area (Å²) in [6.45, 7) is 5.70. The van der Waals surface area contributed by atoms with E-state index in [1.807, 2.05) is 0 Å². The van der Waals surface area contributed by atoms with Gasteiger partial charge in [-0.2, -0.15) is 0 Å². The molecule has 0 amide bonds. The Morgan fingerprint density at radius 1 is 0.812 bits per heavy atom. The van der Waals surface area contributed by atoms with Gasteiger partial charge in [0.05, 0.1) is 11.5 Å². The Bertz CT molecular complexity index is 232. The molecule has 0 atom stereocenters. The van der Waals surface area contributed by atoms with Crippen LogP contribution in [-0.2, 0) is 36.9 Å². The van der Waals surface area contributed by atoms with E-state index in [0.717, 1.165) is 0 Å². The van der Waals surface area contributed by atoms with Crippen LogP contribution in [0.3, 0.4) is 0 Å². The van der Waals surface area contributed by atoms with Crippen LogP contribution in [0.2, 0.25) is 0 Å². The zero-order valence-electron chi connectivity index (χ0n) is 10.1. The van der Waals surface area contributed by atoms with Gasteiger partial charge in [-0.1, -0.05) is 0 Å². The molecule has 0 aromatic rings. The molecule has 16 heavy (non-hydrogen) atoms. The van der Waals surface area contributed by atoms with Gasteiger partial charge in [-0.3, -0.25) is 9.59 Å². The van der Waals surface area contributed by atoms with Crippen LogP contribution in [0.15, 0.2) is 23.7 Å². The van der Waals surface area contributed by atoms with E-state index >= 15 is 0 Å². The standard InChI is InChI=1S/2C5H8O2.Cd.H2O/c2*1-4(6)3-5(2)7;;/h2*3,6H,1-2H3;;1H2. The Hall–Kier alpha value is -0.698. The van der Waals surface area contributed by atoms with Crippen molar-refractivity contribution in [3.8, 4) is 0 Å². The molecule has 90 valence electrons. The predicted molar refractivity (Wildman–Crippen MR) is 57.7 cm³/mol. The van der Waals surface area contributed by atoms with E-state index in [1.165, 1.54) is 39.8 Å². The SMILES string of the molecule is CC(=O)C=C(C)O.CC(=O)C=C(C)O.O.[Cd]. The van der Waals surface area contributed by atoms with Crippen molar-refractivity contribution >= 4 is 11.6 Å². The van der Waals surface area contributed by atoms with Crippen molar-refractivity contribution in [1.82, 2.24) is 0 Å². The van der Waals surface area contributed by atoms with Gasteiger partial charge in [0.15, 0.2) is 11.6 Å². The molecule has 0 heterocycles. The van der Waals surface area contributed by atoms with E-state index in [9.17, 15) is 9.59 Å². The summed E-state index contributed by atoms with van der Waals surface area (Å²) in [6.07, 6.45) is 2.33. The molecule has 0 aromatic heterocycles. The van der Waals surface area contributed by atoms with Gasteiger partial charge in [0.1, 0.15) is 0 Å². The number of allylic oxidation sites excluding steroid dienone is 4. The zero-order chi connectivity index (χ0) is 11.7. The normalized spacial score (nSPS) is 10.0. The summed E-state index contributed by atoms with van der Waals surface area (Å²) in [6, 6.07) is 0. The second-order valence-corrected chi connectivity index (χ2v) is 2.79. The monoisotopic (exact) mass is 332 g/mol. The summed E-state index contributed by atoms with van der Waals surface area (Å²) in [7, 11) is 0. The Labute approximate surface area is 115 Å². The maximum absolute atomic E-state index is 10.0. The molecule has 0 aliphatic carbocycles. The van der Waals surface area contributed by atoms with Crippen LogP contribution in [0.4, 0.5) is 0 Å². The topological polar surface area (TPSA) is 106 Å². The average molecular weight is 331 g/mol. The number of aliphatic hydroxyl groups excluding tert-OH is 2. The summed E-state index contributed by atoms with van der Waals surface area (Å²) >= 11 is 0. The molecule has 0 rings (SSSR count). The first-order valence-electron chi connectivity index (χ1n) is 4.01. The van der Waals surface area contributed by atoms with E-state index in [4.69, 9.17) is 10.2 Å². The predicted octanol–water partition coefficient (Wildman–Crippen LogP) is 1.25. The second-order valence-electron chi connectivity index (χ2n) is 2.79. The maximum atomic E-state index is 10.0. The third kappa shape index (κ3) is 37.8. The van der Waals surface area contributed by atoms with Crippen LogP contribution < -0.4 is 0 Å². The summed E-state index contributed by atoms with van der Waals surface area (Å²) < 4.78 is 0. The zero-order valence-corrected chi connectivity index (χ0v) is 14.1. The maximum Gasteiger partial charge on any atom is 0.155 e. The molecule has 0 fully saturated rings. The van der Waals surface area contributed by atoms with E-state index in [0.29, 0.717) is 0 Å². The number of carbonyl (C=O) groups is 2. The van der Waals surface area contributed by atoms with Gasteiger partial charge in [0.25, 0.3) is 0 Å². The van der Waals surface area contributed by atoms with Crippen LogP contribution in [0.25, 0.3) is 0 Å². The van der Waals surface area contributed by atoms with Crippen LogP contribution in [0.1, 0.15) is 27.7 Å². The van der Waals surface area contributed by atoms with Crippen molar-refractivity contribution in [2.24, 2.45) is 0 Å². The Kier molecular flexibility index (Phi) is 21.9. The van der Waals surface area contributed by atoms with Crippen molar-refractivity contribution in [2.45, 2.75) is 27.7 Å². The molecule has 0 bridgehead atoms. The second kappa shape index (κ2) is 14.3. The number of aliphatic hydroxyl groups is 2. The van der Waals surface area contributed by atoms with Crippen LogP contribution in [0.5, 0.6) is 0 Å². The molecule has 0 unspecified atom stereocenters. The molecule has 0 aliphatic rings. The fourth-order valence-electron chi connectivity index (χ4n) is 0.588. The number of hydrogen-bond donors (Lipinski definition) is 2. The summed E-state index contributed by atoms with van der Waals surface area (Å²) in [5.41, 5.74) is 0. The van der Waals surface area contributed by atoms with Crippen molar-refractivity contribution < 1.29 is 52.6 Å². The molecular weight excluding hydrogens is 313 g/mol. The Balaban J connectivity index is -0.0000000800. The Morgan fingerprint density at radius 3 is 1.00 bits per heavy atom. The number of ketones is 2. The Morgan fingerprint density at radius 2 is 1.00 bits per heavy atom. The van der Waals surface area contributed by atoms with Crippen LogP contribution in [0, 0.1) is 0 Å².